The maximum atomic E-state index is 12.0. The standard InChI is InChI=1S/C14H10ClN3O.C2H5NO/c15-11-6-10(5-4-9(11)7-16)18-8-17-12-2-1-3-13(19)14(12)18;1-2(3)4/h4-6,8H,1-3H2;1H3,(H2,3,4). The fraction of sp³-hybridized carbons (Fsp3) is 0.250. The molecule has 0 saturated carbocycles. The van der Waals surface area contributed by atoms with Gasteiger partial charge in [0, 0.05) is 19.0 Å². The molecule has 1 aliphatic rings. The SMILES string of the molecule is CC(N)=O.N#Cc1ccc(-n2cnc3c2C(=O)CCC3)cc1Cl. The van der Waals surface area contributed by atoms with E-state index in [0.29, 0.717) is 22.7 Å². The summed E-state index contributed by atoms with van der Waals surface area (Å²) in [6.07, 6.45) is 3.89. The molecule has 7 heteroatoms. The highest BCUT2D eigenvalue weighted by Gasteiger charge is 2.23. The maximum absolute atomic E-state index is 12.0. The lowest BCUT2D eigenvalue weighted by Gasteiger charge is -2.13. The van der Waals surface area contributed by atoms with Gasteiger partial charge in [0.25, 0.3) is 0 Å². The number of hydrogen-bond acceptors (Lipinski definition) is 4. The summed E-state index contributed by atoms with van der Waals surface area (Å²) < 4.78 is 1.75. The largest absolute Gasteiger partial charge is 0.370 e. The number of fused-ring (bicyclic) bond motifs is 1. The fourth-order valence-corrected chi connectivity index (χ4v) is 2.56. The third-order valence-electron chi connectivity index (χ3n) is 3.28. The second-order valence-corrected chi connectivity index (χ2v) is 5.48. The summed E-state index contributed by atoms with van der Waals surface area (Å²) >= 11 is 6.02. The number of hydrogen-bond donors (Lipinski definition) is 1. The minimum atomic E-state index is -0.333. The lowest BCUT2D eigenvalue weighted by Crippen LogP contribution is -2.14. The van der Waals surface area contributed by atoms with Crippen molar-refractivity contribution in [3.63, 3.8) is 0 Å². The summed E-state index contributed by atoms with van der Waals surface area (Å²) in [7, 11) is 0. The molecule has 1 amide bonds. The molecule has 118 valence electrons. The van der Waals surface area contributed by atoms with Crippen LogP contribution in [-0.4, -0.2) is 21.2 Å². The molecule has 0 spiro atoms. The lowest BCUT2D eigenvalue weighted by molar-refractivity contribution is -0.115. The summed E-state index contributed by atoms with van der Waals surface area (Å²) in [6.45, 7) is 1.31. The Kier molecular flexibility index (Phi) is 5.14. The molecule has 6 nitrogen and oxygen atoms in total. The molecule has 1 heterocycles. The van der Waals surface area contributed by atoms with Crippen molar-refractivity contribution in [2.75, 3.05) is 0 Å². The number of carbonyl (C=O) groups excluding carboxylic acids is 2. The zero-order valence-electron chi connectivity index (χ0n) is 12.5. The van der Waals surface area contributed by atoms with E-state index in [0.717, 1.165) is 24.2 Å². The Hall–Kier alpha value is -2.65. The first-order chi connectivity index (χ1) is 10.9. The van der Waals surface area contributed by atoms with Crippen molar-refractivity contribution in [1.29, 1.82) is 5.26 Å². The Morgan fingerprint density at radius 2 is 2.13 bits per heavy atom. The van der Waals surface area contributed by atoms with E-state index >= 15 is 0 Å². The van der Waals surface area contributed by atoms with Crippen LogP contribution in [0.1, 0.15) is 41.5 Å². The summed E-state index contributed by atoms with van der Waals surface area (Å²) in [6, 6.07) is 7.12. The molecule has 0 saturated heterocycles. The monoisotopic (exact) mass is 330 g/mol. The number of nitrogens with zero attached hydrogens (tertiary/aromatic N) is 3. The number of Topliss-reactive ketones (excluding diaryl/α,β-unsaturated/α-hetero) is 1. The molecule has 0 bridgehead atoms. The number of carbonyl (C=O) groups is 2. The van der Waals surface area contributed by atoms with Crippen LogP contribution in [-0.2, 0) is 11.2 Å². The number of primary amides is 1. The first-order valence-corrected chi connectivity index (χ1v) is 7.37. The molecular formula is C16H15ClN4O2. The highest BCUT2D eigenvalue weighted by atomic mass is 35.5. The summed E-state index contributed by atoms with van der Waals surface area (Å²) in [4.78, 5) is 25.5. The number of halogens is 1. The number of nitriles is 1. The maximum Gasteiger partial charge on any atom is 0.214 e. The topological polar surface area (TPSA) is 102 Å². The first kappa shape index (κ1) is 16.7. The second kappa shape index (κ2) is 7.07. The van der Waals surface area contributed by atoms with Crippen LogP contribution in [0.25, 0.3) is 5.69 Å². The third-order valence-corrected chi connectivity index (χ3v) is 3.59. The van der Waals surface area contributed by atoms with E-state index in [1.807, 2.05) is 6.07 Å². The smallest absolute Gasteiger partial charge is 0.214 e. The average Bonchev–Trinajstić information content (AvgIpc) is 2.92. The van der Waals surface area contributed by atoms with E-state index in [1.165, 1.54) is 6.92 Å². The van der Waals surface area contributed by atoms with Crippen LogP contribution < -0.4 is 5.73 Å². The Labute approximate surface area is 138 Å². The number of ketones is 1. The van der Waals surface area contributed by atoms with Crippen molar-refractivity contribution in [2.45, 2.75) is 26.2 Å². The highest BCUT2D eigenvalue weighted by molar-refractivity contribution is 6.31. The number of imidazole rings is 1. The fourth-order valence-electron chi connectivity index (χ4n) is 2.34. The second-order valence-electron chi connectivity index (χ2n) is 5.07. The molecule has 23 heavy (non-hydrogen) atoms. The van der Waals surface area contributed by atoms with E-state index in [9.17, 15) is 9.59 Å². The minimum absolute atomic E-state index is 0.110. The van der Waals surface area contributed by atoms with E-state index in [4.69, 9.17) is 16.9 Å². The number of rotatable bonds is 1. The predicted molar refractivity (Wildman–Crippen MR) is 85.4 cm³/mol. The lowest BCUT2D eigenvalue weighted by atomic mass is 9.99. The predicted octanol–water partition coefficient (Wildman–Crippen LogP) is 2.41. The molecule has 1 aromatic heterocycles. The first-order valence-electron chi connectivity index (χ1n) is 6.99. The van der Waals surface area contributed by atoms with Crippen molar-refractivity contribution < 1.29 is 9.59 Å². The van der Waals surface area contributed by atoms with Crippen LogP contribution >= 0.6 is 11.6 Å². The highest BCUT2D eigenvalue weighted by Crippen LogP contribution is 2.25. The van der Waals surface area contributed by atoms with Crippen LogP contribution in [0.3, 0.4) is 0 Å². The van der Waals surface area contributed by atoms with Crippen LogP contribution in [0.2, 0.25) is 5.02 Å². The normalized spacial score (nSPS) is 12.7. The minimum Gasteiger partial charge on any atom is -0.370 e. The van der Waals surface area contributed by atoms with Crippen molar-refractivity contribution in [3.05, 3.63) is 46.5 Å². The van der Waals surface area contributed by atoms with Crippen LogP contribution in [0.15, 0.2) is 24.5 Å². The van der Waals surface area contributed by atoms with Gasteiger partial charge in [-0.1, -0.05) is 11.6 Å². The van der Waals surface area contributed by atoms with Crippen molar-refractivity contribution in [3.8, 4) is 11.8 Å². The Morgan fingerprint density at radius 3 is 2.74 bits per heavy atom. The van der Waals surface area contributed by atoms with Crippen molar-refractivity contribution >= 4 is 23.3 Å². The summed E-state index contributed by atoms with van der Waals surface area (Å²) in [5.41, 5.74) is 7.14. The van der Waals surface area contributed by atoms with Gasteiger partial charge in [0.2, 0.25) is 5.91 Å². The van der Waals surface area contributed by atoms with E-state index in [-0.39, 0.29) is 11.7 Å². The number of aromatic nitrogens is 2. The van der Waals surface area contributed by atoms with Gasteiger partial charge in [-0.2, -0.15) is 5.26 Å². The molecule has 0 fully saturated rings. The molecule has 0 atom stereocenters. The molecule has 1 aromatic carbocycles. The van der Waals surface area contributed by atoms with Gasteiger partial charge in [-0.3, -0.25) is 14.2 Å². The molecule has 2 N–H and O–H groups in total. The van der Waals surface area contributed by atoms with Crippen molar-refractivity contribution in [1.82, 2.24) is 9.55 Å². The van der Waals surface area contributed by atoms with Crippen LogP contribution in [0.4, 0.5) is 0 Å². The zero-order chi connectivity index (χ0) is 17.0. The van der Waals surface area contributed by atoms with Crippen LogP contribution in [0.5, 0.6) is 0 Å². The summed E-state index contributed by atoms with van der Waals surface area (Å²) in [5, 5.41) is 9.25. The zero-order valence-corrected chi connectivity index (χ0v) is 13.3. The molecular weight excluding hydrogens is 316 g/mol. The van der Waals surface area contributed by atoms with Crippen molar-refractivity contribution in [2.24, 2.45) is 5.73 Å². The average molecular weight is 331 g/mol. The van der Waals surface area contributed by atoms with Gasteiger partial charge in [0.1, 0.15) is 18.1 Å². The van der Waals surface area contributed by atoms with Gasteiger partial charge in [-0.15, -0.1) is 0 Å². The van der Waals surface area contributed by atoms with Gasteiger partial charge in [-0.25, -0.2) is 4.98 Å². The number of nitrogens with two attached hydrogens (primary N) is 1. The molecule has 0 unspecified atom stereocenters. The third kappa shape index (κ3) is 3.76. The number of benzene rings is 1. The van der Waals surface area contributed by atoms with Gasteiger partial charge in [-0.05, 0) is 31.0 Å². The molecule has 1 aliphatic carbocycles. The molecule has 0 aliphatic heterocycles. The molecule has 2 aromatic rings. The quantitative estimate of drug-likeness (QED) is 0.867. The number of aryl methyl sites for hydroxylation is 1. The van der Waals surface area contributed by atoms with Gasteiger partial charge < -0.3 is 5.73 Å². The Balaban J connectivity index is 0.000000433. The Bertz CT molecular complexity index is 801. The molecule has 3 rings (SSSR count). The van der Waals surface area contributed by atoms with Gasteiger partial charge >= 0.3 is 0 Å². The van der Waals surface area contributed by atoms with Gasteiger partial charge in [0.15, 0.2) is 5.78 Å². The van der Waals surface area contributed by atoms with Crippen LogP contribution in [0, 0.1) is 11.3 Å². The van der Waals surface area contributed by atoms with E-state index < -0.39 is 0 Å². The van der Waals surface area contributed by atoms with E-state index in [2.05, 4.69) is 10.7 Å². The number of amides is 1. The van der Waals surface area contributed by atoms with E-state index in [1.54, 1.807) is 29.1 Å². The summed E-state index contributed by atoms with van der Waals surface area (Å²) in [5.74, 6) is -0.223. The molecule has 0 radical (unpaired) electrons. The van der Waals surface area contributed by atoms with Gasteiger partial charge in [0.05, 0.1) is 16.3 Å². The Morgan fingerprint density at radius 1 is 1.43 bits per heavy atom.